The zero-order valence-corrected chi connectivity index (χ0v) is 11.4. The highest BCUT2D eigenvalue weighted by molar-refractivity contribution is 5.22. The molecule has 1 aromatic carbocycles. The van der Waals surface area contributed by atoms with Gasteiger partial charge in [0.2, 0.25) is 0 Å². The summed E-state index contributed by atoms with van der Waals surface area (Å²) < 4.78 is 5.26. The van der Waals surface area contributed by atoms with Crippen molar-refractivity contribution in [1.29, 1.82) is 0 Å². The molecule has 0 aliphatic carbocycles. The van der Waals surface area contributed by atoms with Gasteiger partial charge in [0.05, 0.1) is 25.2 Å². The van der Waals surface area contributed by atoms with Gasteiger partial charge in [-0.3, -0.25) is 4.90 Å². The van der Waals surface area contributed by atoms with Gasteiger partial charge in [0.25, 0.3) is 0 Å². The fourth-order valence-electron chi connectivity index (χ4n) is 2.45. The molecule has 3 nitrogen and oxygen atoms in total. The lowest BCUT2D eigenvalue weighted by atomic mass is 9.86. The van der Waals surface area contributed by atoms with Crippen molar-refractivity contribution < 1.29 is 9.84 Å². The van der Waals surface area contributed by atoms with Crippen molar-refractivity contribution >= 4 is 0 Å². The number of hydrogen-bond acceptors (Lipinski definition) is 3. The van der Waals surface area contributed by atoms with E-state index in [0.717, 1.165) is 19.6 Å². The quantitative estimate of drug-likeness (QED) is 0.835. The van der Waals surface area contributed by atoms with Crippen LogP contribution in [0.3, 0.4) is 0 Å². The average molecular weight is 249 g/mol. The maximum atomic E-state index is 9.48. The van der Waals surface area contributed by atoms with Crippen molar-refractivity contribution in [1.82, 2.24) is 4.90 Å². The first kappa shape index (κ1) is 13.5. The largest absolute Gasteiger partial charge is 0.396 e. The van der Waals surface area contributed by atoms with E-state index in [9.17, 15) is 5.11 Å². The number of benzene rings is 1. The summed E-state index contributed by atoms with van der Waals surface area (Å²) in [7, 11) is 0. The van der Waals surface area contributed by atoms with E-state index in [2.05, 4.69) is 43.0 Å². The Morgan fingerprint density at radius 1 is 1.39 bits per heavy atom. The minimum Gasteiger partial charge on any atom is -0.396 e. The van der Waals surface area contributed by atoms with Crippen LogP contribution in [-0.2, 0) is 11.3 Å². The van der Waals surface area contributed by atoms with Crippen LogP contribution < -0.4 is 0 Å². The number of aryl methyl sites for hydroxylation is 1. The summed E-state index contributed by atoms with van der Waals surface area (Å²) in [6.07, 6.45) is 0. The summed E-state index contributed by atoms with van der Waals surface area (Å²) in [5.74, 6) is 0. The second kappa shape index (κ2) is 5.83. The molecular weight excluding hydrogens is 226 g/mol. The molecule has 0 saturated carbocycles. The van der Waals surface area contributed by atoms with Crippen molar-refractivity contribution in [3.8, 4) is 0 Å². The predicted octanol–water partition coefficient (Wildman–Crippen LogP) is 1.83. The Bertz CT molecular complexity index is 382. The fraction of sp³-hybridized carbons (Fsp3) is 0.600. The van der Waals surface area contributed by atoms with Gasteiger partial charge in [-0.15, -0.1) is 0 Å². The van der Waals surface area contributed by atoms with Crippen LogP contribution in [0.1, 0.15) is 18.1 Å². The van der Waals surface area contributed by atoms with Crippen molar-refractivity contribution in [3.05, 3.63) is 35.4 Å². The first-order chi connectivity index (χ1) is 8.67. The van der Waals surface area contributed by atoms with E-state index in [1.807, 2.05) is 0 Å². The van der Waals surface area contributed by atoms with Gasteiger partial charge in [0, 0.05) is 13.1 Å². The maximum Gasteiger partial charge on any atom is 0.0579 e. The second-order valence-corrected chi connectivity index (χ2v) is 5.44. The summed E-state index contributed by atoms with van der Waals surface area (Å²) in [5, 5.41) is 9.48. The summed E-state index contributed by atoms with van der Waals surface area (Å²) >= 11 is 0. The molecule has 0 bridgehead atoms. The average Bonchev–Trinajstić information content (AvgIpc) is 2.32. The molecule has 0 unspecified atom stereocenters. The van der Waals surface area contributed by atoms with E-state index in [1.165, 1.54) is 11.1 Å². The number of nitrogens with zero attached hydrogens (tertiary/aromatic N) is 1. The molecule has 1 aliphatic heterocycles. The molecule has 1 fully saturated rings. The molecule has 2 rings (SSSR count). The smallest absolute Gasteiger partial charge is 0.0579 e. The van der Waals surface area contributed by atoms with E-state index in [1.54, 1.807) is 0 Å². The van der Waals surface area contributed by atoms with Crippen molar-refractivity contribution in [3.63, 3.8) is 0 Å². The third-order valence-corrected chi connectivity index (χ3v) is 3.65. The highest BCUT2D eigenvalue weighted by Crippen LogP contribution is 2.28. The van der Waals surface area contributed by atoms with Crippen LogP contribution in [0.2, 0.25) is 0 Å². The Morgan fingerprint density at radius 3 is 2.67 bits per heavy atom. The Kier molecular flexibility index (Phi) is 4.38. The highest BCUT2D eigenvalue weighted by atomic mass is 16.5. The Hall–Kier alpha value is -0.900. The molecule has 1 aliphatic rings. The molecule has 0 aromatic heterocycles. The molecule has 18 heavy (non-hydrogen) atoms. The summed E-state index contributed by atoms with van der Waals surface area (Å²) in [5.41, 5.74) is 2.61. The van der Waals surface area contributed by atoms with Gasteiger partial charge in [0.1, 0.15) is 0 Å². The Morgan fingerprint density at radius 2 is 2.17 bits per heavy atom. The zero-order valence-electron chi connectivity index (χ0n) is 11.4. The van der Waals surface area contributed by atoms with Crippen LogP contribution >= 0.6 is 0 Å². The number of aliphatic hydroxyl groups is 1. The van der Waals surface area contributed by atoms with Crippen LogP contribution in [0.5, 0.6) is 0 Å². The lowest BCUT2D eigenvalue weighted by Gasteiger charge is -2.43. The predicted molar refractivity (Wildman–Crippen MR) is 72.5 cm³/mol. The van der Waals surface area contributed by atoms with Gasteiger partial charge in [-0.05, 0) is 19.0 Å². The second-order valence-electron chi connectivity index (χ2n) is 5.44. The molecular formula is C15H23NO2. The third kappa shape index (κ3) is 3.10. The summed E-state index contributed by atoms with van der Waals surface area (Å²) in [4.78, 5) is 2.38. The van der Waals surface area contributed by atoms with Crippen LogP contribution in [0, 0.1) is 12.3 Å². The van der Waals surface area contributed by atoms with E-state index in [-0.39, 0.29) is 12.0 Å². The van der Waals surface area contributed by atoms with Crippen molar-refractivity contribution in [2.45, 2.75) is 20.4 Å². The van der Waals surface area contributed by atoms with Crippen molar-refractivity contribution in [2.75, 3.05) is 32.9 Å². The SMILES string of the molecule is CCN(Cc1cccc(C)c1)CC1(CO)COC1. The van der Waals surface area contributed by atoms with E-state index in [0.29, 0.717) is 13.2 Å². The van der Waals surface area contributed by atoms with Gasteiger partial charge < -0.3 is 9.84 Å². The fourth-order valence-corrected chi connectivity index (χ4v) is 2.45. The minimum absolute atomic E-state index is 0.0279. The normalized spacial score (nSPS) is 17.8. The van der Waals surface area contributed by atoms with Crippen molar-refractivity contribution in [2.24, 2.45) is 5.41 Å². The molecule has 1 aromatic rings. The summed E-state index contributed by atoms with van der Waals surface area (Å²) in [6, 6.07) is 8.62. The molecule has 1 saturated heterocycles. The molecule has 1 N–H and O–H groups in total. The van der Waals surface area contributed by atoms with Gasteiger partial charge in [0.15, 0.2) is 0 Å². The number of ether oxygens (including phenoxy) is 1. The zero-order chi connectivity index (χ0) is 13.0. The lowest BCUT2D eigenvalue weighted by Crippen LogP contribution is -2.53. The number of aliphatic hydroxyl groups excluding tert-OH is 1. The van der Waals surface area contributed by atoms with E-state index in [4.69, 9.17) is 4.74 Å². The van der Waals surface area contributed by atoms with Crippen LogP contribution in [0.4, 0.5) is 0 Å². The topological polar surface area (TPSA) is 32.7 Å². The van der Waals surface area contributed by atoms with Gasteiger partial charge >= 0.3 is 0 Å². The molecule has 0 radical (unpaired) electrons. The van der Waals surface area contributed by atoms with Crippen LogP contribution in [0.15, 0.2) is 24.3 Å². The first-order valence-electron chi connectivity index (χ1n) is 6.64. The Labute approximate surface area is 109 Å². The van der Waals surface area contributed by atoms with Gasteiger partial charge in [-0.25, -0.2) is 0 Å². The van der Waals surface area contributed by atoms with Gasteiger partial charge in [-0.1, -0.05) is 36.8 Å². The maximum absolute atomic E-state index is 9.48. The molecule has 0 amide bonds. The monoisotopic (exact) mass is 249 g/mol. The first-order valence-corrected chi connectivity index (χ1v) is 6.64. The standard InChI is InChI=1S/C15H23NO2/c1-3-16(9-15(10-17)11-18-12-15)8-14-6-4-5-13(2)7-14/h4-7,17H,3,8-12H2,1-2H3. The van der Waals surface area contributed by atoms with E-state index >= 15 is 0 Å². The molecule has 0 atom stereocenters. The summed E-state index contributed by atoms with van der Waals surface area (Å²) in [6.45, 7) is 8.73. The van der Waals surface area contributed by atoms with Crippen LogP contribution in [0.25, 0.3) is 0 Å². The highest BCUT2D eigenvalue weighted by Gasteiger charge is 2.39. The van der Waals surface area contributed by atoms with Gasteiger partial charge in [-0.2, -0.15) is 0 Å². The molecule has 0 spiro atoms. The lowest BCUT2D eigenvalue weighted by molar-refractivity contribution is -0.148. The number of hydrogen-bond donors (Lipinski definition) is 1. The van der Waals surface area contributed by atoms with Crippen LogP contribution in [-0.4, -0.2) is 42.9 Å². The third-order valence-electron chi connectivity index (χ3n) is 3.65. The molecule has 3 heteroatoms. The number of rotatable bonds is 6. The van der Waals surface area contributed by atoms with E-state index < -0.39 is 0 Å². The Balaban J connectivity index is 1.97. The minimum atomic E-state index is -0.0279. The molecule has 1 heterocycles. The molecule has 100 valence electrons.